The number of pyridine rings is 1. The van der Waals surface area contributed by atoms with Gasteiger partial charge in [-0.1, -0.05) is 37.3 Å². The first-order valence-corrected chi connectivity index (χ1v) is 10.1. The highest BCUT2D eigenvalue weighted by Gasteiger charge is 2.45. The second-order valence-electron chi connectivity index (χ2n) is 8.17. The van der Waals surface area contributed by atoms with Gasteiger partial charge in [0.2, 0.25) is 0 Å². The second kappa shape index (κ2) is 11.4. The summed E-state index contributed by atoms with van der Waals surface area (Å²) in [4.78, 5) is 29.8. The minimum Gasteiger partial charge on any atom is -0.487 e. The van der Waals surface area contributed by atoms with Crippen molar-refractivity contribution in [3.8, 4) is 5.75 Å². The number of nitrogens with one attached hydrogen (secondary N) is 1. The third kappa shape index (κ3) is 7.99. The Morgan fingerprint density at radius 1 is 1.10 bits per heavy atom. The molecule has 2 rings (SSSR count). The van der Waals surface area contributed by atoms with E-state index in [1.807, 2.05) is 37.3 Å². The van der Waals surface area contributed by atoms with Gasteiger partial charge in [0, 0.05) is 18.7 Å². The number of ether oxygens (including phenoxy) is 2. The van der Waals surface area contributed by atoms with E-state index in [2.05, 4.69) is 10.3 Å². The molecular weight excluding hydrogens is 396 g/mol. The Labute approximate surface area is 184 Å². The van der Waals surface area contributed by atoms with E-state index in [0.717, 1.165) is 12.0 Å². The van der Waals surface area contributed by atoms with Crippen molar-refractivity contribution < 1.29 is 19.1 Å². The number of nitrogens with two attached hydrogens (primary N) is 1. The average molecular weight is 431 g/mol. The fourth-order valence-corrected chi connectivity index (χ4v) is 2.64. The molecule has 0 aliphatic carbocycles. The number of rotatable bonds is 9. The van der Waals surface area contributed by atoms with E-state index in [9.17, 15) is 9.59 Å². The fraction of sp³-hybridized carbons (Fsp3) is 0.435. The van der Waals surface area contributed by atoms with Crippen LogP contribution < -0.4 is 21.9 Å². The summed E-state index contributed by atoms with van der Waals surface area (Å²) in [6, 6.07) is 13.2. The summed E-state index contributed by atoms with van der Waals surface area (Å²) in [5, 5.41) is 2.69. The molecule has 1 aromatic heterocycles. The molecule has 31 heavy (non-hydrogen) atoms. The molecule has 0 aliphatic heterocycles. The van der Waals surface area contributed by atoms with Crippen LogP contribution in [0.4, 0.5) is 0 Å². The number of nitrogens with zero attached hydrogens (tertiary/aromatic N) is 1. The van der Waals surface area contributed by atoms with Crippen LogP contribution in [0.5, 0.6) is 5.75 Å². The number of carbonyl (C=O) groups excluding carboxylic acids is 2. The molecule has 1 unspecified atom stereocenters. The molecule has 1 aromatic carbocycles. The number of aromatic nitrogens is 1. The lowest BCUT2D eigenvalue weighted by atomic mass is 9.92. The Morgan fingerprint density at radius 2 is 1.77 bits per heavy atom. The Morgan fingerprint density at radius 3 is 2.32 bits per heavy atom. The number of hydrogen-bond acceptors (Lipinski definition) is 7. The van der Waals surface area contributed by atoms with Crippen LogP contribution in [-0.4, -0.2) is 34.5 Å². The summed E-state index contributed by atoms with van der Waals surface area (Å²) in [5.74, 6) is -0.780. The fourth-order valence-electron chi connectivity index (χ4n) is 2.64. The second-order valence-corrected chi connectivity index (χ2v) is 8.17. The van der Waals surface area contributed by atoms with Gasteiger partial charge in [0.05, 0.1) is 6.20 Å². The molecule has 0 saturated carbocycles. The van der Waals surface area contributed by atoms with Crippen molar-refractivity contribution in [2.75, 3.05) is 6.54 Å². The van der Waals surface area contributed by atoms with Gasteiger partial charge < -0.3 is 26.7 Å². The molecule has 6 N–H and O–H groups in total. The van der Waals surface area contributed by atoms with Gasteiger partial charge in [-0.3, -0.25) is 9.78 Å². The molecule has 0 bridgehead atoms. The Kier molecular flexibility index (Phi) is 9.61. The molecule has 0 aliphatic rings. The summed E-state index contributed by atoms with van der Waals surface area (Å²) < 4.78 is 11.1. The first kappa shape index (κ1) is 26.1. The van der Waals surface area contributed by atoms with E-state index in [1.165, 1.54) is 0 Å². The van der Waals surface area contributed by atoms with Crippen LogP contribution >= 0.6 is 0 Å². The molecule has 0 saturated heterocycles. The predicted molar refractivity (Wildman–Crippen MR) is 120 cm³/mol. The summed E-state index contributed by atoms with van der Waals surface area (Å²) in [5.41, 5.74) is 5.17. The van der Waals surface area contributed by atoms with Crippen molar-refractivity contribution in [2.24, 2.45) is 5.73 Å². The van der Waals surface area contributed by atoms with E-state index in [0.29, 0.717) is 24.6 Å². The zero-order chi connectivity index (χ0) is 22.2. The highest BCUT2D eigenvalue weighted by atomic mass is 16.6. The molecule has 0 radical (unpaired) electrons. The van der Waals surface area contributed by atoms with E-state index in [4.69, 9.17) is 15.2 Å². The summed E-state index contributed by atoms with van der Waals surface area (Å²) >= 11 is 0. The lowest BCUT2D eigenvalue weighted by molar-refractivity contribution is -0.164. The van der Waals surface area contributed by atoms with Gasteiger partial charge in [0.1, 0.15) is 18.0 Å². The maximum atomic E-state index is 12.8. The van der Waals surface area contributed by atoms with Crippen LogP contribution in [0, 0.1) is 0 Å². The van der Waals surface area contributed by atoms with E-state index < -0.39 is 23.0 Å². The third-order valence-electron chi connectivity index (χ3n) is 4.21. The number of esters is 1. The highest BCUT2D eigenvalue weighted by molar-refractivity contribution is 6.07. The van der Waals surface area contributed by atoms with Crippen LogP contribution in [0.3, 0.4) is 0 Å². The molecule has 0 spiro atoms. The molecular formula is C23H34N4O4. The molecule has 8 nitrogen and oxygen atoms in total. The molecule has 0 fully saturated rings. The first-order valence-electron chi connectivity index (χ1n) is 10.1. The van der Waals surface area contributed by atoms with Crippen LogP contribution in [0.25, 0.3) is 0 Å². The molecule has 2 aromatic rings. The van der Waals surface area contributed by atoms with Crippen molar-refractivity contribution in [1.29, 1.82) is 0 Å². The van der Waals surface area contributed by atoms with Gasteiger partial charge in [-0.2, -0.15) is 0 Å². The molecule has 1 amide bonds. The maximum Gasteiger partial charge on any atom is 0.336 e. The highest BCUT2D eigenvalue weighted by Crippen LogP contribution is 2.19. The maximum absolute atomic E-state index is 12.8. The van der Waals surface area contributed by atoms with Crippen LogP contribution in [0.1, 0.15) is 45.4 Å². The van der Waals surface area contributed by atoms with Gasteiger partial charge >= 0.3 is 5.97 Å². The minimum atomic E-state index is -1.87. The first-order chi connectivity index (χ1) is 14.1. The summed E-state index contributed by atoms with van der Waals surface area (Å²) in [6.07, 6.45) is 2.19. The predicted octanol–water partition coefficient (Wildman–Crippen LogP) is 2.93. The molecule has 1 atom stereocenters. The number of benzene rings is 1. The van der Waals surface area contributed by atoms with Crippen molar-refractivity contribution >= 4 is 11.9 Å². The van der Waals surface area contributed by atoms with Crippen LogP contribution in [0.15, 0.2) is 48.7 Å². The molecule has 1 heterocycles. The molecule has 170 valence electrons. The SMILES string of the molecule is CCCNC(=O)C(N)(Cc1ccc(OCc2ccccc2)cn1)C(=O)OC(C)(C)C.N. The largest absolute Gasteiger partial charge is 0.487 e. The third-order valence-corrected chi connectivity index (χ3v) is 4.21. The standard InChI is InChI=1S/C23H31N3O4.H3N/c1-5-13-25-20(27)23(24,21(28)30-22(2,3)4)14-18-11-12-19(15-26-18)29-16-17-9-7-6-8-10-17;/h6-12,15H,5,13-14,16,24H2,1-4H3,(H,25,27);1H3. The van der Waals surface area contributed by atoms with E-state index >= 15 is 0 Å². The van der Waals surface area contributed by atoms with Crippen molar-refractivity contribution in [1.82, 2.24) is 16.5 Å². The Bertz CT molecular complexity index is 835. The summed E-state index contributed by atoms with van der Waals surface area (Å²) in [7, 11) is 0. The van der Waals surface area contributed by atoms with Crippen molar-refractivity contribution in [3.63, 3.8) is 0 Å². The lowest BCUT2D eigenvalue weighted by Crippen LogP contribution is -2.62. The van der Waals surface area contributed by atoms with E-state index in [-0.39, 0.29) is 12.6 Å². The van der Waals surface area contributed by atoms with Gasteiger partial charge in [-0.05, 0) is 44.9 Å². The smallest absolute Gasteiger partial charge is 0.336 e. The van der Waals surface area contributed by atoms with Gasteiger partial charge in [0.15, 0.2) is 5.54 Å². The molecule has 8 heteroatoms. The summed E-state index contributed by atoms with van der Waals surface area (Å²) in [6.45, 7) is 7.94. The number of hydrogen-bond donors (Lipinski definition) is 3. The number of amides is 1. The van der Waals surface area contributed by atoms with Crippen LogP contribution in [0.2, 0.25) is 0 Å². The average Bonchev–Trinajstić information content (AvgIpc) is 2.70. The van der Waals surface area contributed by atoms with Crippen molar-refractivity contribution in [3.05, 3.63) is 59.9 Å². The zero-order valence-electron chi connectivity index (χ0n) is 18.8. The minimum absolute atomic E-state index is 0. The van der Waals surface area contributed by atoms with Gasteiger partial charge in [-0.25, -0.2) is 4.79 Å². The van der Waals surface area contributed by atoms with Gasteiger partial charge in [-0.15, -0.1) is 0 Å². The Hall–Kier alpha value is -2.97. The quantitative estimate of drug-likeness (QED) is 0.410. The Balaban J connectivity index is 0.00000480. The van der Waals surface area contributed by atoms with E-state index in [1.54, 1.807) is 39.1 Å². The van der Waals surface area contributed by atoms with Crippen LogP contribution in [-0.2, 0) is 27.4 Å². The lowest BCUT2D eigenvalue weighted by Gasteiger charge is -2.30. The number of carbonyl (C=O) groups is 2. The zero-order valence-corrected chi connectivity index (χ0v) is 18.8. The van der Waals surface area contributed by atoms with Gasteiger partial charge in [0.25, 0.3) is 5.91 Å². The van der Waals surface area contributed by atoms with Crippen molar-refractivity contribution in [2.45, 2.75) is 58.3 Å². The monoisotopic (exact) mass is 430 g/mol. The normalized spacial score (nSPS) is 12.8. The topological polar surface area (TPSA) is 139 Å².